The van der Waals surface area contributed by atoms with Crippen molar-refractivity contribution in [2.24, 2.45) is 0 Å². The molecule has 0 saturated carbocycles. The normalized spacial score (nSPS) is 6.03. The van der Waals surface area contributed by atoms with Crippen molar-refractivity contribution in [2.75, 3.05) is 107 Å². The Hall–Kier alpha value is 11.3. The van der Waals surface area contributed by atoms with Gasteiger partial charge >= 0.3 is 0 Å². The van der Waals surface area contributed by atoms with Crippen molar-refractivity contribution in [1.29, 1.82) is 0 Å². The van der Waals surface area contributed by atoms with Gasteiger partial charge in [0.25, 0.3) is 0 Å². The maximum absolute atomic E-state index is 9.44. The van der Waals surface area contributed by atoms with Crippen LogP contribution in [0.5, 0.6) is 0 Å². The molecule has 0 amide bonds. The summed E-state index contributed by atoms with van der Waals surface area (Å²) in [7, 11) is 0. The van der Waals surface area contributed by atoms with Crippen LogP contribution >= 0.6 is 464 Å². The first-order valence-electron chi connectivity index (χ1n) is 11.9. The first kappa shape index (κ1) is 141. The van der Waals surface area contributed by atoms with E-state index in [9.17, 15) is 4.79 Å². The van der Waals surface area contributed by atoms with Crippen LogP contribution in [0.1, 0.15) is 13.8 Å². The fourth-order valence-corrected chi connectivity index (χ4v) is 0. The van der Waals surface area contributed by atoms with Crippen LogP contribution in [0.2, 0.25) is 0 Å². The number of rotatable bonds is 0. The van der Waals surface area contributed by atoms with E-state index in [1.54, 1.807) is 0 Å². The summed E-state index contributed by atoms with van der Waals surface area (Å²) in [6.45, 7) is 3.06. The lowest BCUT2D eigenvalue weighted by atomic mass is 10.6. The first-order valence-corrected chi connectivity index (χ1v) is 33.3. The summed E-state index contributed by atoms with van der Waals surface area (Å²) < 4.78 is 0. The Bertz CT molecular complexity index is 217. The molecule has 0 unspecified atom stereocenters. The molecule has 0 aromatic heterocycles. The van der Waals surface area contributed by atoms with Gasteiger partial charge in [0.1, 0.15) is 5.78 Å². The zero-order valence-electron chi connectivity index (χ0n) is 32.2. The van der Waals surface area contributed by atoms with Crippen LogP contribution in [0.3, 0.4) is 0 Å². The SMILES string of the molecule is CC(C)=O.ClCCl.ClCCl.ClCCl.ClCCl.ClCCl.ClCCl.ClCCl.ClCCl.ClCCl.ClCCl.ClCCl.ClCCl.ClCCl.ClCCl.ClCCl.ClCCl.ClCCl.ClCCl.ClCCl.ClCCl. The van der Waals surface area contributed by atoms with Gasteiger partial charge in [-0.05, 0) is 13.8 Å². The molecule has 0 aliphatic heterocycles. The van der Waals surface area contributed by atoms with E-state index in [0.717, 1.165) is 0 Å². The van der Waals surface area contributed by atoms with Crippen LogP contribution in [0.15, 0.2) is 0 Å². The number of carbonyl (C=O) groups is 1. The molecular formula is C23H46Cl40O. The second-order valence-electron chi connectivity index (χ2n) is 2.93. The van der Waals surface area contributed by atoms with Gasteiger partial charge < -0.3 is 4.79 Å². The fourth-order valence-electron chi connectivity index (χ4n) is 0. The van der Waals surface area contributed by atoms with Crippen molar-refractivity contribution in [3.05, 3.63) is 0 Å². The molecule has 1 nitrogen and oxygen atoms in total. The van der Waals surface area contributed by atoms with Crippen molar-refractivity contribution in [3.8, 4) is 0 Å². The molecular weight excluding hydrogens is 1710 g/mol. The maximum atomic E-state index is 9.44. The van der Waals surface area contributed by atoms with Crippen LogP contribution in [-0.4, -0.2) is 113 Å². The van der Waals surface area contributed by atoms with E-state index in [1.807, 2.05) is 0 Å². The third kappa shape index (κ3) is 3010. The zero-order valence-corrected chi connectivity index (χ0v) is 62.4. The van der Waals surface area contributed by atoms with Crippen LogP contribution in [0.4, 0.5) is 0 Å². The number of alkyl halides is 40. The molecule has 0 fully saturated rings. The maximum Gasteiger partial charge on any atom is 0.126 e. The van der Waals surface area contributed by atoms with E-state index >= 15 is 0 Å². The molecule has 0 radical (unpaired) electrons. The molecule has 64 heavy (non-hydrogen) atoms. The topological polar surface area (TPSA) is 17.1 Å². The van der Waals surface area contributed by atoms with Gasteiger partial charge in [-0.25, -0.2) is 0 Å². The molecule has 41 heteroatoms. The van der Waals surface area contributed by atoms with Crippen LogP contribution in [0, 0.1) is 0 Å². The first-order chi connectivity index (χ1) is 30.0. The zero-order chi connectivity index (χ0) is 57.7. The van der Waals surface area contributed by atoms with Crippen molar-refractivity contribution < 1.29 is 4.79 Å². The summed E-state index contributed by atoms with van der Waals surface area (Å²) in [4.78, 5) is 9.44. The van der Waals surface area contributed by atoms with E-state index in [4.69, 9.17) is 464 Å². The van der Waals surface area contributed by atoms with E-state index in [-0.39, 0.29) is 113 Å². The van der Waals surface area contributed by atoms with Crippen molar-refractivity contribution in [2.45, 2.75) is 13.8 Å². The lowest BCUT2D eigenvalue weighted by molar-refractivity contribution is -0.115. The molecule has 0 aliphatic carbocycles. The second-order valence-corrected chi connectivity index (χ2v) is 19.1. The van der Waals surface area contributed by atoms with Gasteiger partial charge in [-0.1, -0.05) is 0 Å². The van der Waals surface area contributed by atoms with Crippen LogP contribution in [0.25, 0.3) is 0 Å². The average molecular weight is 1760 g/mol. The molecule has 0 aliphatic rings. The number of ketones is 1. The fraction of sp³-hybridized carbons (Fsp3) is 0.957. The Balaban J connectivity index is -0.0000000160. The molecule has 0 saturated heterocycles. The number of hydrogen-bond acceptors (Lipinski definition) is 1. The Morgan fingerprint density at radius 3 is 0.156 bits per heavy atom. The minimum Gasteiger partial charge on any atom is -0.300 e. The standard InChI is InChI=1S/C3H6O.20CH2Cl2/c1-3(2)4;20*2-1-3/h1-2H3;20*1H2. The number of carbonyl (C=O) groups excluding carboxylic acids is 1. The van der Waals surface area contributed by atoms with Crippen molar-refractivity contribution >= 4 is 470 Å². The highest BCUT2D eigenvalue weighted by Crippen LogP contribution is 1.78. The lowest BCUT2D eigenvalue weighted by Crippen LogP contribution is -1.69. The summed E-state index contributed by atoms with van der Waals surface area (Å²) in [6, 6.07) is 0. The summed E-state index contributed by atoms with van der Waals surface area (Å²) >= 11 is 191. The number of halogens is 40. The third-order valence-electron chi connectivity index (χ3n) is 0. The van der Waals surface area contributed by atoms with Crippen LogP contribution < -0.4 is 0 Å². The Morgan fingerprint density at radius 2 is 0.156 bits per heavy atom. The Labute approximate surface area is 585 Å². The monoisotopic (exact) mass is 1740 g/mol. The van der Waals surface area contributed by atoms with E-state index in [0.29, 0.717) is 0 Å². The highest BCUT2D eigenvalue weighted by molar-refractivity contribution is 6.46. The largest absolute Gasteiger partial charge is 0.300 e. The second kappa shape index (κ2) is 339. The van der Waals surface area contributed by atoms with Gasteiger partial charge in [0, 0.05) is 0 Å². The quantitative estimate of drug-likeness (QED) is 0.221. The minimum atomic E-state index is 0.167. The van der Waals surface area contributed by atoms with Gasteiger partial charge in [0.15, 0.2) is 0 Å². The van der Waals surface area contributed by atoms with Gasteiger partial charge in [-0.3, -0.25) is 0 Å². The van der Waals surface area contributed by atoms with Crippen molar-refractivity contribution in [3.63, 3.8) is 0 Å². The molecule has 0 spiro atoms. The number of Topliss-reactive ketones (excluding diaryl/α,β-unsaturated/α-hetero) is 1. The highest BCUT2D eigenvalue weighted by Gasteiger charge is 1.62. The molecule has 0 heterocycles. The third-order valence-corrected chi connectivity index (χ3v) is 0. The predicted octanol–water partition coefficient (Wildman–Crippen LogP) is 29.0. The van der Waals surface area contributed by atoms with Crippen molar-refractivity contribution in [1.82, 2.24) is 0 Å². The van der Waals surface area contributed by atoms with E-state index < -0.39 is 0 Å². The molecule has 0 bridgehead atoms. The van der Waals surface area contributed by atoms with Crippen LogP contribution in [-0.2, 0) is 4.79 Å². The van der Waals surface area contributed by atoms with E-state index in [2.05, 4.69) is 0 Å². The smallest absolute Gasteiger partial charge is 0.126 e. The lowest BCUT2D eigenvalue weighted by Gasteiger charge is -1.56. The Kier molecular flexibility index (Phi) is 748. The molecule has 0 aromatic rings. The summed E-state index contributed by atoms with van der Waals surface area (Å²) in [5.74, 6) is 0.167. The molecule has 0 aromatic carbocycles. The molecule has 0 rings (SSSR count). The summed E-state index contributed by atoms with van der Waals surface area (Å²) in [5, 5.41) is 3.89. The predicted molar refractivity (Wildman–Crippen MR) is 348 cm³/mol. The molecule has 424 valence electrons. The molecule has 0 N–H and O–H groups in total. The minimum absolute atomic E-state index is 0.167. The molecule has 0 atom stereocenters. The van der Waals surface area contributed by atoms with E-state index in [1.165, 1.54) is 13.8 Å². The Morgan fingerprint density at radius 1 is 0.156 bits per heavy atom. The highest BCUT2D eigenvalue weighted by atomic mass is 35.6. The average Bonchev–Trinajstić information content (AvgIpc) is 3.15. The van der Waals surface area contributed by atoms with Gasteiger partial charge in [0.05, 0.1) is 107 Å². The van der Waals surface area contributed by atoms with Gasteiger partial charge in [-0.15, -0.1) is 464 Å². The van der Waals surface area contributed by atoms with Gasteiger partial charge in [0.2, 0.25) is 0 Å². The summed E-state index contributed by atoms with van der Waals surface area (Å²) in [6.07, 6.45) is 0. The summed E-state index contributed by atoms with van der Waals surface area (Å²) in [5.41, 5.74) is 0. The number of hydrogen-bond donors (Lipinski definition) is 0. The van der Waals surface area contributed by atoms with Gasteiger partial charge in [-0.2, -0.15) is 0 Å².